The van der Waals surface area contributed by atoms with Gasteiger partial charge < -0.3 is 19.9 Å². The van der Waals surface area contributed by atoms with E-state index >= 15 is 0 Å². The highest BCUT2D eigenvalue weighted by Gasteiger charge is 2.41. The maximum absolute atomic E-state index is 5.77. The van der Waals surface area contributed by atoms with Crippen LogP contribution in [0.1, 0.15) is 37.3 Å². The van der Waals surface area contributed by atoms with Gasteiger partial charge in [0.15, 0.2) is 5.11 Å². The van der Waals surface area contributed by atoms with Crippen molar-refractivity contribution in [3.8, 4) is 5.75 Å². The van der Waals surface area contributed by atoms with Crippen molar-refractivity contribution in [1.82, 2.24) is 15.3 Å². The van der Waals surface area contributed by atoms with Crippen LogP contribution in [0.25, 0.3) is 0 Å². The zero-order valence-corrected chi connectivity index (χ0v) is 16.1. The van der Waals surface area contributed by atoms with Crippen LogP contribution in [-0.4, -0.2) is 21.2 Å². The van der Waals surface area contributed by atoms with Crippen molar-refractivity contribution in [3.63, 3.8) is 0 Å². The second-order valence-corrected chi connectivity index (χ2v) is 7.17. The van der Waals surface area contributed by atoms with Crippen molar-refractivity contribution in [3.05, 3.63) is 78.4 Å². The number of hydrogen-bond donors (Lipinski definition) is 2. The number of hydrogen-bond acceptors (Lipinski definition) is 3. The first-order valence-corrected chi connectivity index (χ1v) is 9.45. The van der Waals surface area contributed by atoms with E-state index in [-0.39, 0.29) is 18.2 Å². The number of thiocarbonyl (C=S) groups is 1. The average molecular weight is 379 g/mol. The number of nitrogens with one attached hydrogen (secondary N) is 2. The van der Waals surface area contributed by atoms with Gasteiger partial charge in [-0.3, -0.25) is 4.98 Å². The molecule has 2 unspecified atom stereocenters. The Balaban J connectivity index is 1.71. The Morgan fingerprint density at radius 2 is 1.89 bits per heavy atom. The Morgan fingerprint density at radius 3 is 2.52 bits per heavy atom. The van der Waals surface area contributed by atoms with E-state index in [1.165, 1.54) is 0 Å². The van der Waals surface area contributed by atoms with E-state index in [4.69, 9.17) is 17.0 Å². The zero-order chi connectivity index (χ0) is 18.8. The highest BCUT2D eigenvalue weighted by Crippen LogP contribution is 2.41. The molecule has 138 valence electrons. The first kappa shape index (κ1) is 17.5. The van der Waals surface area contributed by atoms with Crippen molar-refractivity contribution < 1.29 is 4.74 Å². The van der Waals surface area contributed by atoms with Gasteiger partial charge in [-0.2, -0.15) is 0 Å². The minimum Gasteiger partial charge on any atom is -0.491 e. The smallest absolute Gasteiger partial charge is 0.174 e. The number of pyridine rings is 1. The number of benzene rings is 1. The van der Waals surface area contributed by atoms with Gasteiger partial charge in [-0.1, -0.05) is 6.07 Å². The lowest BCUT2D eigenvalue weighted by Gasteiger charge is -2.27. The number of anilines is 1. The van der Waals surface area contributed by atoms with Crippen LogP contribution in [0, 0.1) is 0 Å². The average Bonchev–Trinajstić information content (AvgIpc) is 3.30. The van der Waals surface area contributed by atoms with Crippen LogP contribution in [0.4, 0.5) is 5.69 Å². The van der Waals surface area contributed by atoms with Crippen LogP contribution in [0.2, 0.25) is 0 Å². The number of aromatic nitrogens is 2. The van der Waals surface area contributed by atoms with E-state index in [1.54, 1.807) is 0 Å². The van der Waals surface area contributed by atoms with Gasteiger partial charge in [0.1, 0.15) is 11.8 Å². The van der Waals surface area contributed by atoms with Gasteiger partial charge in [0.2, 0.25) is 0 Å². The fourth-order valence-electron chi connectivity index (χ4n) is 3.43. The van der Waals surface area contributed by atoms with Crippen LogP contribution in [0.5, 0.6) is 5.75 Å². The molecule has 1 aliphatic heterocycles. The minimum absolute atomic E-state index is 0.0146. The van der Waals surface area contributed by atoms with Crippen LogP contribution in [0.15, 0.2) is 67.0 Å². The maximum atomic E-state index is 5.77. The molecule has 0 amide bonds. The summed E-state index contributed by atoms with van der Waals surface area (Å²) in [4.78, 5) is 10.0. The Morgan fingerprint density at radius 1 is 1.07 bits per heavy atom. The lowest BCUT2D eigenvalue weighted by Crippen LogP contribution is -2.29. The van der Waals surface area contributed by atoms with Gasteiger partial charge in [0, 0.05) is 23.8 Å². The van der Waals surface area contributed by atoms with Crippen LogP contribution in [0.3, 0.4) is 0 Å². The third-order valence-corrected chi connectivity index (χ3v) is 4.84. The maximum Gasteiger partial charge on any atom is 0.174 e. The molecule has 2 atom stereocenters. The summed E-state index contributed by atoms with van der Waals surface area (Å²) >= 11 is 5.70. The molecule has 0 radical (unpaired) electrons. The van der Waals surface area contributed by atoms with E-state index in [0.717, 1.165) is 22.8 Å². The molecule has 0 bridgehead atoms. The number of aromatic amines is 1. The molecule has 5 nitrogen and oxygen atoms in total. The fourth-order valence-corrected chi connectivity index (χ4v) is 3.78. The molecule has 2 N–H and O–H groups in total. The molecule has 3 aromatic rings. The standard InChI is InChI=1S/C21H22N4OS/c1-14(2)26-16-10-8-15(9-11-16)25-20(18-7-5-13-23-18)19(24-21(25)27)17-6-3-4-12-22-17/h3-14,19-20,23H,1-2H3,(H,24,27). The normalized spacial score (nSPS) is 19.4. The predicted molar refractivity (Wildman–Crippen MR) is 111 cm³/mol. The van der Waals surface area contributed by atoms with Gasteiger partial charge >= 0.3 is 0 Å². The Hall–Kier alpha value is -2.86. The minimum atomic E-state index is -0.0380. The van der Waals surface area contributed by atoms with E-state index in [2.05, 4.69) is 26.3 Å². The Labute approximate surface area is 164 Å². The molecular weight excluding hydrogens is 356 g/mol. The summed E-state index contributed by atoms with van der Waals surface area (Å²) in [6, 6.07) is 18.0. The molecule has 1 saturated heterocycles. The van der Waals surface area contributed by atoms with Gasteiger partial charge in [0.25, 0.3) is 0 Å². The molecule has 27 heavy (non-hydrogen) atoms. The van der Waals surface area contributed by atoms with E-state index in [0.29, 0.717) is 5.11 Å². The lowest BCUT2D eigenvalue weighted by atomic mass is 10.0. The second kappa shape index (κ2) is 7.40. The summed E-state index contributed by atoms with van der Waals surface area (Å²) in [6.07, 6.45) is 3.89. The quantitative estimate of drug-likeness (QED) is 0.646. The highest BCUT2D eigenvalue weighted by molar-refractivity contribution is 7.80. The number of ether oxygens (including phenoxy) is 1. The SMILES string of the molecule is CC(C)Oc1ccc(N2C(=S)NC(c3ccccn3)C2c2ccc[nH]2)cc1. The van der Waals surface area contributed by atoms with Crippen molar-refractivity contribution in [2.75, 3.05) is 4.90 Å². The summed E-state index contributed by atoms with van der Waals surface area (Å²) in [5.74, 6) is 0.851. The number of rotatable bonds is 5. The summed E-state index contributed by atoms with van der Waals surface area (Å²) in [7, 11) is 0. The zero-order valence-electron chi connectivity index (χ0n) is 15.3. The van der Waals surface area contributed by atoms with Crippen LogP contribution >= 0.6 is 12.2 Å². The Kier molecular flexibility index (Phi) is 4.81. The summed E-state index contributed by atoms with van der Waals surface area (Å²) in [6.45, 7) is 4.04. The van der Waals surface area contributed by atoms with E-state index in [1.807, 2.05) is 74.8 Å². The summed E-state index contributed by atoms with van der Waals surface area (Å²) in [5, 5.41) is 4.13. The molecule has 0 saturated carbocycles. The molecule has 3 heterocycles. The molecule has 4 rings (SSSR count). The highest BCUT2D eigenvalue weighted by atomic mass is 32.1. The van der Waals surface area contributed by atoms with Crippen molar-refractivity contribution >= 4 is 23.0 Å². The molecule has 0 spiro atoms. The van der Waals surface area contributed by atoms with Gasteiger partial charge in [-0.05, 0) is 74.6 Å². The third kappa shape index (κ3) is 3.53. The van der Waals surface area contributed by atoms with Crippen molar-refractivity contribution in [2.45, 2.75) is 32.0 Å². The van der Waals surface area contributed by atoms with Gasteiger partial charge in [-0.15, -0.1) is 0 Å². The van der Waals surface area contributed by atoms with Gasteiger partial charge in [0.05, 0.1) is 17.8 Å². The lowest BCUT2D eigenvalue weighted by molar-refractivity contribution is 0.242. The molecule has 2 aromatic heterocycles. The number of nitrogens with zero attached hydrogens (tertiary/aromatic N) is 2. The van der Waals surface area contributed by atoms with Crippen molar-refractivity contribution in [2.24, 2.45) is 0 Å². The van der Waals surface area contributed by atoms with E-state index < -0.39 is 0 Å². The topological polar surface area (TPSA) is 53.2 Å². The first-order valence-electron chi connectivity index (χ1n) is 9.04. The van der Waals surface area contributed by atoms with E-state index in [9.17, 15) is 0 Å². The molecule has 1 aromatic carbocycles. The monoisotopic (exact) mass is 378 g/mol. The summed E-state index contributed by atoms with van der Waals surface area (Å²) < 4.78 is 5.77. The molecule has 6 heteroatoms. The first-order chi connectivity index (χ1) is 13.1. The molecular formula is C21H22N4OS. The largest absolute Gasteiger partial charge is 0.491 e. The summed E-state index contributed by atoms with van der Waals surface area (Å²) in [5.41, 5.74) is 3.06. The molecule has 1 fully saturated rings. The second-order valence-electron chi connectivity index (χ2n) is 6.78. The number of H-pyrrole nitrogens is 1. The molecule has 1 aliphatic rings. The Bertz CT molecular complexity index is 894. The molecule has 0 aliphatic carbocycles. The van der Waals surface area contributed by atoms with Gasteiger partial charge in [-0.25, -0.2) is 0 Å². The van der Waals surface area contributed by atoms with Crippen molar-refractivity contribution in [1.29, 1.82) is 0 Å². The third-order valence-electron chi connectivity index (χ3n) is 4.53. The van der Waals surface area contributed by atoms with Crippen LogP contribution < -0.4 is 15.0 Å². The predicted octanol–water partition coefficient (Wildman–Crippen LogP) is 4.37. The fraction of sp³-hybridized carbons (Fsp3) is 0.238. The van der Waals surface area contributed by atoms with Crippen LogP contribution in [-0.2, 0) is 0 Å².